The predicted molar refractivity (Wildman–Crippen MR) is 57.8 cm³/mol. The first-order valence-electron chi connectivity index (χ1n) is 5.12. The van der Waals surface area contributed by atoms with Crippen LogP contribution >= 0.6 is 0 Å². The van der Waals surface area contributed by atoms with Gasteiger partial charge in [0, 0.05) is 6.07 Å². The third-order valence-corrected chi connectivity index (χ3v) is 2.00. The number of nitrogens with one attached hydrogen (secondary N) is 1. The topological polar surface area (TPSA) is 60.2 Å². The van der Waals surface area contributed by atoms with Gasteiger partial charge in [-0.2, -0.15) is 4.98 Å². The third-order valence-electron chi connectivity index (χ3n) is 2.00. The Morgan fingerprint density at radius 2 is 2.35 bits per heavy atom. The van der Waals surface area contributed by atoms with Crippen molar-refractivity contribution in [2.45, 2.75) is 13.2 Å². The second-order valence-electron chi connectivity index (χ2n) is 3.38. The number of rotatable bonds is 5. The molecule has 2 rings (SSSR count). The van der Waals surface area contributed by atoms with E-state index in [0.29, 0.717) is 24.0 Å². The van der Waals surface area contributed by atoms with Crippen molar-refractivity contribution in [3.8, 4) is 5.75 Å². The van der Waals surface area contributed by atoms with Crippen LogP contribution in [0, 0.1) is 5.82 Å². The third kappa shape index (κ3) is 3.25. The summed E-state index contributed by atoms with van der Waals surface area (Å²) in [6, 6.07) is 5.89. The zero-order valence-corrected chi connectivity index (χ0v) is 9.31. The van der Waals surface area contributed by atoms with Crippen LogP contribution in [0.2, 0.25) is 0 Å². The van der Waals surface area contributed by atoms with Crippen molar-refractivity contribution < 1.29 is 13.7 Å². The predicted octanol–water partition coefficient (Wildman–Crippen LogP) is 1.51. The molecule has 0 saturated heterocycles. The first-order valence-corrected chi connectivity index (χ1v) is 5.12. The van der Waals surface area contributed by atoms with Crippen molar-refractivity contribution in [3.63, 3.8) is 0 Å². The monoisotopic (exact) mass is 237 g/mol. The molecular weight excluding hydrogens is 225 g/mol. The van der Waals surface area contributed by atoms with Crippen molar-refractivity contribution >= 4 is 0 Å². The molecule has 0 bridgehead atoms. The summed E-state index contributed by atoms with van der Waals surface area (Å²) in [5.74, 6) is 1.02. The van der Waals surface area contributed by atoms with Gasteiger partial charge in [-0.15, -0.1) is 0 Å². The lowest BCUT2D eigenvalue weighted by atomic mass is 10.3. The Hall–Kier alpha value is -1.95. The molecule has 0 radical (unpaired) electrons. The molecule has 0 aliphatic carbocycles. The van der Waals surface area contributed by atoms with E-state index in [9.17, 15) is 4.39 Å². The Morgan fingerprint density at radius 3 is 3.12 bits per heavy atom. The minimum atomic E-state index is -0.341. The highest BCUT2D eigenvalue weighted by Crippen LogP contribution is 2.13. The maximum atomic E-state index is 12.9. The molecule has 5 nitrogen and oxygen atoms in total. The lowest BCUT2D eigenvalue weighted by molar-refractivity contribution is 0.283. The van der Waals surface area contributed by atoms with E-state index < -0.39 is 0 Å². The highest BCUT2D eigenvalue weighted by atomic mass is 19.1. The normalized spacial score (nSPS) is 10.5. The molecule has 0 amide bonds. The van der Waals surface area contributed by atoms with Crippen LogP contribution in [0.15, 0.2) is 28.8 Å². The van der Waals surface area contributed by atoms with Gasteiger partial charge in [0.1, 0.15) is 11.6 Å². The van der Waals surface area contributed by atoms with Crippen LogP contribution in [-0.2, 0) is 13.2 Å². The van der Waals surface area contributed by atoms with E-state index in [2.05, 4.69) is 15.5 Å². The highest BCUT2D eigenvalue weighted by molar-refractivity contribution is 5.22. The molecule has 17 heavy (non-hydrogen) atoms. The van der Waals surface area contributed by atoms with Crippen molar-refractivity contribution in [1.29, 1.82) is 0 Å². The Kier molecular flexibility index (Phi) is 3.66. The van der Waals surface area contributed by atoms with Crippen molar-refractivity contribution in [3.05, 3.63) is 41.8 Å². The van der Waals surface area contributed by atoms with Gasteiger partial charge in [-0.25, -0.2) is 4.39 Å². The summed E-state index contributed by atoms with van der Waals surface area (Å²) >= 11 is 0. The molecule has 6 heteroatoms. The smallest absolute Gasteiger partial charge is 0.240 e. The van der Waals surface area contributed by atoms with Crippen LogP contribution in [0.1, 0.15) is 11.7 Å². The molecule has 90 valence electrons. The number of aromatic nitrogens is 2. The molecule has 1 N–H and O–H groups in total. The second kappa shape index (κ2) is 5.40. The van der Waals surface area contributed by atoms with Crippen molar-refractivity contribution in [2.75, 3.05) is 7.05 Å². The molecule has 1 heterocycles. The molecule has 0 aliphatic rings. The van der Waals surface area contributed by atoms with E-state index in [-0.39, 0.29) is 12.4 Å². The fourth-order valence-corrected chi connectivity index (χ4v) is 1.28. The van der Waals surface area contributed by atoms with Gasteiger partial charge in [0.25, 0.3) is 0 Å². The van der Waals surface area contributed by atoms with Gasteiger partial charge in [0.05, 0.1) is 6.54 Å². The summed E-state index contributed by atoms with van der Waals surface area (Å²) in [5, 5.41) is 6.62. The number of nitrogens with zero attached hydrogens (tertiary/aromatic N) is 2. The summed E-state index contributed by atoms with van der Waals surface area (Å²) in [4.78, 5) is 4.08. The Bertz CT molecular complexity index is 487. The molecule has 0 aliphatic heterocycles. The number of hydrogen-bond donors (Lipinski definition) is 1. The van der Waals surface area contributed by atoms with E-state index in [1.807, 2.05) is 0 Å². The number of ether oxygens (including phenoxy) is 1. The molecule has 0 spiro atoms. The summed E-state index contributed by atoms with van der Waals surface area (Å²) in [6.45, 7) is 0.656. The average Bonchev–Trinajstić information content (AvgIpc) is 2.75. The number of hydrogen-bond acceptors (Lipinski definition) is 5. The van der Waals surface area contributed by atoms with Gasteiger partial charge in [-0.1, -0.05) is 11.2 Å². The maximum Gasteiger partial charge on any atom is 0.240 e. The Morgan fingerprint density at radius 1 is 1.47 bits per heavy atom. The molecular formula is C11H12FN3O2. The van der Waals surface area contributed by atoms with E-state index in [1.54, 1.807) is 19.2 Å². The number of halogens is 1. The van der Waals surface area contributed by atoms with Crippen LogP contribution in [0.5, 0.6) is 5.75 Å². The van der Waals surface area contributed by atoms with E-state index >= 15 is 0 Å². The molecule has 1 aromatic heterocycles. The Balaban J connectivity index is 1.93. The maximum absolute atomic E-state index is 12.9. The molecule has 0 fully saturated rings. The quantitative estimate of drug-likeness (QED) is 0.854. The van der Waals surface area contributed by atoms with Crippen molar-refractivity contribution in [2.24, 2.45) is 0 Å². The van der Waals surface area contributed by atoms with Crippen LogP contribution in [-0.4, -0.2) is 17.2 Å². The summed E-state index contributed by atoms with van der Waals surface area (Å²) < 4.78 is 23.1. The molecule has 0 saturated carbocycles. The fraction of sp³-hybridized carbons (Fsp3) is 0.273. The Labute approximate surface area is 97.6 Å². The largest absolute Gasteiger partial charge is 0.485 e. The van der Waals surface area contributed by atoms with E-state index in [1.165, 1.54) is 12.1 Å². The zero-order chi connectivity index (χ0) is 12.1. The van der Waals surface area contributed by atoms with Crippen LogP contribution in [0.3, 0.4) is 0 Å². The van der Waals surface area contributed by atoms with Crippen LogP contribution < -0.4 is 10.1 Å². The first kappa shape index (κ1) is 11.5. The summed E-state index contributed by atoms with van der Waals surface area (Å²) in [7, 11) is 1.78. The summed E-state index contributed by atoms with van der Waals surface area (Å²) in [6.07, 6.45) is 0. The average molecular weight is 237 g/mol. The molecule has 2 aromatic rings. The van der Waals surface area contributed by atoms with Crippen LogP contribution in [0.4, 0.5) is 4.39 Å². The molecule has 1 aromatic carbocycles. The van der Waals surface area contributed by atoms with Crippen molar-refractivity contribution in [1.82, 2.24) is 15.5 Å². The standard InChI is InChI=1S/C11H12FN3O2/c1-13-6-11-14-10(15-17-11)7-16-9-4-2-3-8(12)5-9/h2-5,13H,6-7H2,1H3. The van der Waals surface area contributed by atoms with Gasteiger partial charge >= 0.3 is 0 Å². The minimum Gasteiger partial charge on any atom is -0.485 e. The molecule has 0 atom stereocenters. The second-order valence-corrected chi connectivity index (χ2v) is 3.38. The van der Waals surface area contributed by atoms with Crippen LogP contribution in [0.25, 0.3) is 0 Å². The minimum absolute atomic E-state index is 0.149. The lowest BCUT2D eigenvalue weighted by Gasteiger charge is -2.02. The van der Waals surface area contributed by atoms with E-state index in [4.69, 9.17) is 9.26 Å². The summed E-state index contributed by atoms with van der Waals surface area (Å²) in [5.41, 5.74) is 0. The van der Waals surface area contributed by atoms with Gasteiger partial charge < -0.3 is 14.6 Å². The zero-order valence-electron chi connectivity index (χ0n) is 9.31. The van der Waals surface area contributed by atoms with Gasteiger partial charge in [0.15, 0.2) is 6.61 Å². The lowest BCUT2D eigenvalue weighted by Crippen LogP contribution is -2.05. The number of benzene rings is 1. The van der Waals surface area contributed by atoms with Gasteiger partial charge in [-0.3, -0.25) is 0 Å². The van der Waals surface area contributed by atoms with Gasteiger partial charge in [0.2, 0.25) is 11.7 Å². The van der Waals surface area contributed by atoms with E-state index in [0.717, 1.165) is 0 Å². The first-order chi connectivity index (χ1) is 8.28. The highest BCUT2D eigenvalue weighted by Gasteiger charge is 2.06. The fourth-order valence-electron chi connectivity index (χ4n) is 1.28. The molecule has 0 unspecified atom stereocenters. The SMILES string of the molecule is CNCc1nc(COc2cccc(F)c2)no1. The van der Waals surface area contributed by atoms with Gasteiger partial charge in [-0.05, 0) is 19.2 Å².